The third kappa shape index (κ3) is 7.15. The Balaban J connectivity index is 0.00000200. The molecule has 1 aromatic heterocycles. The summed E-state index contributed by atoms with van der Waals surface area (Å²) >= 11 is 5.71. The lowest BCUT2D eigenvalue weighted by Gasteiger charge is -2.22. The van der Waals surface area contributed by atoms with Gasteiger partial charge in [-0.3, -0.25) is 4.79 Å². The fraction of sp³-hybridized carbons (Fsp3) is 0.500. The summed E-state index contributed by atoms with van der Waals surface area (Å²) in [6.45, 7) is 2.53. The number of amides is 1. The largest absolute Gasteiger partial charge is 0.476 e. The molecule has 0 aliphatic carbocycles. The van der Waals surface area contributed by atoms with Crippen molar-refractivity contribution in [2.24, 2.45) is 0 Å². The number of pyridine rings is 1. The number of morpholine rings is 1. The van der Waals surface area contributed by atoms with Crippen molar-refractivity contribution in [1.29, 1.82) is 0 Å². The van der Waals surface area contributed by atoms with Gasteiger partial charge in [-0.2, -0.15) is 0 Å². The molecular weight excluding hydrogens is 341 g/mol. The summed E-state index contributed by atoms with van der Waals surface area (Å²) in [5, 5.41) is 6.41. The lowest BCUT2D eigenvalue weighted by atomic mass is 10.2. The highest BCUT2D eigenvalue weighted by molar-refractivity contribution is 6.30. The van der Waals surface area contributed by atoms with E-state index < -0.39 is 0 Å². The van der Waals surface area contributed by atoms with Crippen LogP contribution in [0.15, 0.2) is 18.3 Å². The molecule has 2 rings (SSSR count). The van der Waals surface area contributed by atoms with Gasteiger partial charge >= 0.3 is 0 Å². The Labute approximate surface area is 140 Å². The van der Waals surface area contributed by atoms with Crippen LogP contribution in [0, 0.1) is 0 Å². The summed E-state index contributed by atoms with van der Waals surface area (Å²) in [7, 11) is 0. The molecule has 1 aliphatic heterocycles. The second kappa shape index (κ2) is 10.9. The normalized spacial score (nSPS) is 17.1. The third-order valence-electron chi connectivity index (χ3n) is 2.59. The van der Waals surface area contributed by atoms with Gasteiger partial charge in [-0.25, -0.2) is 4.98 Å². The van der Waals surface area contributed by atoms with Crippen molar-refractivity contribution < 1.29 is 14.3 Å². The molecule has 1 unspecified atom stereocenters. The first-order chi connectivity index (χ1) is 9.25. The van der Waals surface area contributed by atoms with Crippen LogP contribution >= 0.6 is 36.4 Å². The molecule has 0 spiro atoms. The standard InChI is InChI=1S/C12H16ClN3O3.2ClH/c13-9-1-2-11(16-7-9)19-6-4-15-12(17)10-8-18-5-3-14-10;;/h1-2,7,10,14H,3-6,8H2,(H,15,17);2*1H. The molecule has 0 radical (unpaired) electrons. The summed E-state index contributed by atoms with van der Waals surface area (Å²) in [4.78, 5) is 15.7. The quantitative estimate of drug-likeness (QED) is 0.770. The van der Waals surface area contributed by atoms with Gasteiger partial charge in [-0.05, 0) is 6.07 Å². The average Bonchev–Trinajstić information content (AvgIpc) is 2.46. The van der Waals surface area contributed by atoms with Gasteiger partial charge in [-0.1, -0.05) is 11.6 Å². The third-order valence-corrected chi connectivity index (χ3v) is 2.81. The van der Waals surface area contributed by atoms with E-state index >= 15 is 0 Å². The van der Waals surface area contributed by atoms with E-state index in [9.17, 15) is 4.79 Å². The van der Waals surface area contributed by atoms with Crippen molar-refractivity contribution in [1.82, 2.24) is 15.6 Å². The molecule has 6 nitrogen and oxygen atoms in total. The maximum atomic E-state index is 11.7. The fourth-order valence-corrected chi connectivity index (χ4v) is 1.75. The molecule has 1 aromatic rings. The average molecular weight is 359 g/mol. The minimum absolute atomic E-state index is 0. The molecule has 21 heavy (non-hydrogen) atoms. The molecule has 1 aliphatic rings. The first kappa shape index (κ1) is 20.2. The van der Waals surface area contributed by atoms with Crippen molar-refractivity contribution in [3.05, 3.63) is 23.4 Å². The summed E-state index contributed by atoms with van der Waals surface area (Å²) < 4.78 is 10.6. The monoisotopic (exact) mass is 357 g/mol. The van der Waals surface area contributed by atoms with Crippen LogP contribution in [0.5, 0.6) is 5.88 Å². The maximum Gasteiger partial charge on any atom is 0.239 e. The number of nitrogens with one attached hydrogen (secondary N) is 2. The van der Waals surface area contributed by atoms with E-state index in [-0.39, 0.29) is 36.8 Å². The molecule has 1 fully saturated rings. The van der Waals surface area contributed by atoms with Crippen molar-refractivity contribution >= 4 is 42.3 Å². The van der Waals surface area contributed by atoms with Gasteiger partial charge in [0.05, 0.1) is 24.8 Å². The minimum atomic E-state index is -0.276. The van der Waals surface area contributed by atoms with Gasteiger partial charge in [0.25, 0.3) is 0 Å². The van der Waals surface area contributed by atoms with E-state index in [1.165, 1.54) is 6.20 Å². The van der Waals surface area contributed by atoms with Crippen LogP contribution in [0.2, 0.25) is 5.02 Å². The number of ether oxygens (including phenoxy) is 2. The van der Waals surface area contributed by atoms with Crippen LogP contribution in [0.4, 0.5) is 0 Å². The Hall–Kier alpha value is -0.790. The maximum absolute atomic E-state index is 11.7. The highest BCUT2D eigenvalue weighted by atomic mass is 35.5. The number of nitrogens with zero attached hydrogens (tertiary/aromatic N) is 1. The second-order valence-electron chi connectivity index (χ2n) is 4.04. The van der Waals surface area contributed by atoms with Gasteiger partial charge in [0, 0.05) is 18.8 Å². The first-order valence-electron chi connectivity index (χ1n) is 6.09. The number of aromatic nitrogens is 1. The van der Waals surface area contributed by atoms with Gasteiger partial charge in [-0.15, -0.1) is 24.8 Å². The molecule has 1 atom stereocenters. The Morgan fingerprint density at radius 1 is 1.52 bits per heavy atom. The van der Waals surface area contributed by atoms with E-state index in [2.05, 4.69) is 15.6 Å². The summed E-state index contributed by atoms with van der Waals surface area (Å²) in [5.74, 6) is 0.408. The van der Waals surface area contributed by atoms with Crippen molar-refractivity contribution in [3.8, 4) is 5.88 Å². The van der Waals surface area contributed by atoms with Crippen LogP contribution in [0.1, 0.15) is 0 Å². The van der Waals surface area contributed by atoms with Gasteiger partial charge in [0.1, 0.15) is 12.6 Å². The number of halogens is 3. The Morgan fingerprint density at radius 3 is 2.95 bits per heavy atom. The summed E-state index contributed by atoms with van der Waals surface area (Å²) in [6, 6.07) is 3.11. The van der Waals surface area contributed by atoms with Crippen molar-refractivity contribution in [2.75, 3.05) is 32.9 Å². The molecule has 0 saturated carbocycles. The van der Waals surface area contributed by atoms with Crippen LogP contribution in [0.3, 0.4) is 0 Å². The summed E-state index contributed by atoms with van der Waals surface area (Å²) in [5.41, 5.74) is 0. The topological polar surface area (TPSA) is 72.5 Å². The van der Waals surface area contributed by atoms with E-state index in [4.69, 9.17) is 21.1 Å². The molecule has 9 heteroatoms. The van der Waals surface area contributed by atoms with Gasteiger partial charge in [0.2, 0.25) is 11.8 Å². The van der Waals surface area contributed by atoms with Crippen LogP contribution in [-0.4, -0.2) is 49.8 Å². The van der Waals surface area contributed by atoms with E-state index in [0.29, 0.717) is 43.8 Å². The molecule has 0 aromatic carbocycles. The number of carbonyl (C=O) groups excluding carboxylic acids is 1. The van der Waals surface area contributed by atoms with Crippen LogP contribution < -0.4 is 15.4 Å². The zero-order chi connectivity index (χ0) is 13.5. The van der Waals surface area contributed by atoms with E-state index in [1.54, 1.807) is 12.1 Å². The van der Waals surface area contributed by atoms with Gasteiger partial charge < -0.3 is 20.1 Å². The smallest absolute Gasteiger partial charge is 0.239 e. The zero-order valence-corrected chi connectivity index (χ0v) is 13.6. The molecule has 1 saturated heterocycles. The van der Waals surface area contributed by atoms with Crippen molar-refractivity contribution in [2.45, 2.75) is 6.04 Å². The van der Waals surface area contributed by atoms with E-state index in [1.807, 2.05) is 0 Å². The Morgan fingerprint density at radius 2 is 2.33 bits per heavy atom. The Kier molecular flexibility index (Phi) is 10.5. The predicted molar refractivity (Wildman–Crippen MR) is 84.9 cm³/mol. The molecule has 1 amide bonds. The molecule has 2 N–H and O–H groups in total. The zero-order valence-electron chi connectivity index (χ0n) is 11.2. The number of hydrogen-bond donors (Lipinski definition) is 2. The highest BCUT2D eigenvalue weighted by Gasteiger charge is 2.20. The lowest BCUT2D eigenvalue weighted by Crippen LogP contribution is -2.51. The molecular formula is C12H18Cl3N3O3. The van der Waals surface area contributed by atoms with Crippen molar-refractivity contribution in [3.63, 3.8) is 0 Å². The first-order valence-corrected chi connectivity index (χ1v) is 6.47. The SMILES string of the molecule is Cl.Cl.O=C(NCCOc1ccc(Cl)cn1)C1COCCN1. The fourth-order valence-electron chi connectivity index (χ4n) is 1.63. The number of carbonyl (C=O) groups is 1. The Bertz CT molecular complexity index is 414. The van der Waals surface area contributed by atoms with Crippen LogP contribution in [0.25, 0.3) is 0 Å². The molecule has 2 heterocycles. The number of hydrogen-bond acceptors (Lipinski definition) is 5. The lowest BCUT2D eigenvalue weighted by molar-refractivity contribution is -0.126. The molecule has 0 bridgehead atoms. The summed E-state index contributed by atoms with van der Waals surface area (Å²) in [6.07, 6.45) is 1.51. The highest BCUT2D eigenvalue weighted by Crippen LogP contribution is 2.10. The van der Waals surface area contributed by atoms with E-state index in [0.717, 1.165) is 0 Å². The molecule has 120 valence electrons. The van der Waals surface area contributed by atoms with Gasteiger partial charge in [0.15, 0.2) is 0 Å². The number of rotatable bonds is 5. The second-order valence-corrected chi connectivity index (χ2v) is 4.47. The van der Waals surface area contributed by atoms with Crippen LogP contribution in [-0.2, 0) is 9.53 Å². The predicted octanol–water partition coefficient (Wildman–Crippen LogP) is 1.06. The minimum Gasteiger partial charge on any atom is -0.476 e.